The minimum Gasteiger partial charge on any atom is -0.491 e. The molecule has 4 heteroatoms. The number of aliphatic hydroxyl groups excluding tert-OH is 1. The fourth-order valence-electron chi connectivity index (χ4n) is 3.00. The van der Waals surface area contributed by atoms with Crippen molar-refractivity contribution in [2.24, 2.45) is 0 Å². The number of nitrogens with zero attached hydrogens (tertiary/aromatic N) is 2. The van der Waals surface area contributed by atoms with Crippen LogP contribution in [0.15, 0.2) is 54.6 Å². The second kappa shape index (κ2) is 8.18. The number of aryl methyl sites for hydroxylation is 1. The normalized spacial score (nSPS) is 16.8. The second-order valence-corrected chi connectivity index (χ2v) is 6.40. The van der Waals surface area contributed by atoms with Gasteiger partial charge in [-0.05, 0) is 31.2 Å². The third-order valence-electron chi connectivity index (χ3n) is 4.43. The van der Waals surface area contributed by atoms with Crippen LogP contribution in [0, 0.1) is 6.92 Å². The summed E-state index contributed by atoms with van der Waals surface area (Å²) in [5.41, 5.74) is 2.58. The van der Waals surface area contributed by atoms with Gasteiger partial charge < -0.3 is 14.7 Å². The average molecular weight is 326 g/mol. The summed E-state index contributed by atoms with van der Waals surface area (Å²) in [6.07, 6.45) is -0.462. The van der Waals surface area contributed by atoms with E-state index < -0.39 is 6.10 Å². The van der Waals surface area contributed by atoms with E-state index in [9.17, 15) is 5.11 Å². The van der Waals surface area contributed by atoms with E-state index in [0.717, 1.165) is 31.9 Å². The Morgan fingerprint density at radius 3 is 2.29 bits per heavy atom. The van der Waals surface area contributed by atoms with Gasteiger partial charge in [0.1, 0.15) is 18.5 Å². The van der Waals surface area contributed by atoms with Crippen molar-refractivity contribution in [3.05, 3.63) is 60.2 Å². The minimum absolute atomic E-state index is 0.336. The van der Waals surface area contributed by atoms with E-state index in [1.807, 2.05) is 30.3 Å². The lowest BCUT2D eigenvalue weighted by atomic mass is 10.2. The van der Waals surface area contributed by atoms with Crippen molar-refractivity contribution < 1.29 is 9.84 Å². The zero-order valence-corrected chi connectivity index (χ0v) is 14.3. The second-order valence-electron chi connectivity index (χ2n) is 6.40. The van der Waals surface area contributed by atoms with Crippen molar-refractivity contribution in [1.29, 1.82) is 0 Å². The maximum atomic E-state index is 10.2. The summed E-state index contributed by atoms with van der Waals surface area (Å²) in [5, 5.41) is 10.2. The van der Waals surface area contributed by atoms with Crippen LogP contribution < -0.4 is 9.64 Å². The van der Waals surface area contributed by atoms with Crippen LogP contribution in [0.1, 0.15) is 5.56 Å². The molecule has 1 fully saturated rings. The Labute approximate surface area is 144 Å². The first-order chi connectivity index (χ1) is 11.7. The molecule has 1 saturated heterocycles. The van der Waals surface area contributed by atoms with E-state index in [1.54, 1.807) is 0 Å². The Morgan fingerprint density at radius 1 is 0.958 bits per heavy atom. The lowest BCUT2D eigenvalue weighted by Gasteiger charge is -2.36. The van der Waals surface area contributed by atoms with Gasteiger partial charge in [0.2, 0.25) is 0 Å². The Hall–Kier alpha value is -2.04. The number of benzene rings is 2. The minimum atomic E-state index is -0.462. The van der Waals surface area contributed by atoms with E-state index in [4.69, 9.17) is 4.74 Å². The van der Waals surface area contributed by atoms with E-state index in [0.29, 0.717) is 13.2 Å². The van der Waals surface area contributed by atoms with Crippen molar-refractivity contribution in [3.63, 3.8) is 0 Å². The quantitative estimate of drug-likeness (QED) is 0.885. The van der Waals surface area contributed by atoms with Crippen LogP contribution >= 0.6 is 0 Å². The van der Waals surface area contributed by atoms with Gasteiger partial charge in [0, 0.05) is 38.4 Å². The zero-order chi connectivity index (χ0) is 16.8. The van der Waals surface area contributed by atoms with Gasteiger partial charge in [-0.3, -0.25) is 4.90 Å². The molecule has 1 atom stereocenters. The van der Waals surface area contributed by atoms with Gasteiger partial charge in [0.25, 0.3) is 0 Å². The fraction of sp³-hybridized carbons (Fsp3) is 0.400. The van der Waals surface area contributed by atoms with Crippen LogP contribution in [-0.2, 0) is 0 Å². The van der Waals surface area contributed by atoms with Gasteiger partial charge in [0.15, 0.2) is 0 Å². The van der Waals surface area contributed by atoms with Crippen LogP contribution in [0.3, 0.4) is 0 Å². The molecule has 0 radical (unpaired) electrons. The molecule has 128 valence electrons. The molecule has 1 aliphatic heterocycles. The molecule has 0 aromatic heterocycles. The highest BCUT2D eigenvalue weighted by atomic mass is 16.5. The predicted octanol–water partition coefficient (Wildman–Crippen LogP) is 2.56. The number of ether oxygens (including phenoxy) is 1. The summed E-state index contributed by atoms with van der Waals surface area (Å²) in [6.45, 7) is 7.04. The molecule has 0 bridgehead atoms. The Morgan fingerprint density at radius 2 is 1.62 bits per heavy atom. The molecule has 24 heavy (non-hydrogen) atoms. The van der Waals surface area contributed by atoms with E-state index in [1.165, 1.54) is 11.3 Å². The highest BCUT2D eigenvalue weighted by Crippen LogP contribution is 2.17. The van der Waals surface area contributed by atoms with Gasteiger partial charge >= 0.3 is 0 Å². The van der Waals surface area contributed by atoms with Gasteiger partial charge in [-0.15, -0.1) is 0 Å². The summed E-state index contributed by atoms with van der Waals surface area (Å²) in [4.78, 5) is 4.71. The van der Waals surface area contributed by atoms with Crippen LogP contribution in [-0.4, -0.2) is 55.4 Å². The number of anilines is 1. The third-order valence-corrected chi connectivity index (χ3v) is 4.43. The van der Waals surface area contributed by atoms with Crippen molar-refractivity contribution >= 4 is 5.69 Å². The number of rotatable bonds is 6. The number of para-hydroxylation sites is 1. The molecule has 0 unspecified atom stereocenters. The fourth-order valence-corrected chi connectivity index (χ4v) is 3.00. The monoisotopic (exact) mass is 326 g/mol. The molecule has 2 aromatic carbocycles. The largest absolute Gasteiger partial charge is 0.491 e. The summed E-state index contributed by atoms with van der Waals surface area (Å²) in [5.74, 6) is 0.806. The number of hydrogen-bond donors (Lipinski definition) is 1. The molecule has 0 aliphatic carbocycles. The van der Waals surface area contributed by atoms with Crippen molar-refractivity contribution in [3.8, 4) is 5.75 Å². The first kappa shape index (κ1) is 16.8. The van der Waals surface area contributed by atoms with Crippen LogP contribution in [0.2, 0.25) is 0 Å². The summed E-state index contributed by atoms with van der Waals surface area (Å²) >= 11 is 0. The van der Waals surface area contributed by atoms with Gasteiger partial charge in [0.05, 0.1) is 0 Å². The SMILES string of the molecule is Cc1ccc(N2CCN(C[C@H](O)COc3ccccc3)CC2)cc1. The van der Waals surface area contributed by atoms with Crippen LogP contribution in [0.4, 0.5) is 5.69 Å². The first-order valence-electron chi connectivity index (χ1n) is 8.60. The van der Waals surface area contributed by atoms with E-state index in [-0.39, 0.29) is 0 Å². The summed E-state index contributed by atoms with van der Waals surface area (Å²) in [7, 11) is 0. The van der Waals surface area contributed by atoms with Gasteiger partial charge in [-0.25, -0.2) is 0 Å². The van der Waals surface area contributed by atoms with Crippen molar-refractivity contribution in [2.75, 3.05) is 44.2 Å². The van der Waals surface area contributed by atoms with E-state index >= 15 is 0 Å². The molecule has 1 aliphatic rings. The van der Waals surface area contributed by atoms with Gasteiger partial charge in [-0.1, -0.05) is 35.9 Å². The third kappa shape index (κ3) is 4.73. The molecule has 1 N–H and O–H groups in total. The van der Waals surface area contributed by atoms with Gasteiger partial charge in [-0.2, -0.15) is 0 Å². The lowest BCUT2D eigenvalue weighted by molar-refractivity contribution is 0.0663. The predicted molar refractivity (Wildman–Crippen MR) is 97.8 cm³/mol. The molecule has 4 nitrogen and oxygen atoms in total. The molecule has 1 heterocycles. The maximum Gasteiger partial charge on any atom is 0.119 e. The topological polar surface area (TPSA) is 35.9 Å². The Kier molecular flexibility index (Phi) is 5.72. The van der Waals surface area contributed by atoms with E-state index in [2.05, 4.69) is 41.0 Å². The van der Waals surface area contributed by atoms with Crippen molar-refractivity contribution in [2.45, 2.75) is 13.0 Å². The summed E-state index contributed by atoms with van der Waals surface area (Å²) in [6, 6.07) is 18.3. The Balaban J connectivity index is 1.41. The molecular formula is C20H26N2O2. The maximum absolute atomic E-state index is 10.2. The molecular weight excluding hydrogens is 300 g/mol. The average Bonchev–Trinajstić information content (AvgIpc) is 2.62. The standard InChI is InChI=1S/C20H26N2O2/c1-17-7-9-18(10-8-17)22-13-11-21(12-14-22)15-19(23)16-24-20-5-3-2-4-6-20/h2-10,19,23H,11-16H2,1H3/t19-/m0/s1. The molecule has 3 rings (SSSR count). The highest BCUT2D eigenvalue weighted by Gasteiger charge is 2.19. The first-order valence-corrected chi connectivity index (χ1v) is 8.60. The number of aliphatic hydroxyl groups is 1. The van der Waals surface area contributed by atoms with Crippen LogP contribution in [0.25, 0.3) is 0 Å². The number of β-amino-alcohol motifs (C(OH)–C–C–N with tert-alkyl or cyclic N) is 1. The van der Waals surface area contributed by atoms with Crippen molar-refractivity contribution in [1.82, 2.24) is 4.90 Å². The molecule has 0 spiro atoms. The van der Waals surface area contributed by atoms with Crippen LogP contribution in [0.5, 0.6) is 5.75 Å². The summed E-state index contributed by atoms with van der Waals surface area (Å²) < 4.78 is 5.62. The molecule has 0 saturated carbocycles. The zero-order valence-electron chi connectivity index (χ0n) is 14.3. The smallest absolute Gasteiger partial charge is 0.119 e. The molecule has 2 aromatic rings. The lowest BCUT2D eigenvalue weighted by Crippen LogP contribution is -2.49. The Bertz CT molecular complexity index is 607. The number of piperazine rings is 1. The highest BCUT2D eigenvalue weighted by molar-refractivity contribution is 5.47. The molecule has 0 amide bonds. The number of hydrogen-bond acceptors (Lipinski definition) is 4.